The summed E-state index contributed by atoms with van der Waals surface area (Å²) in [5.41, 5.74) is 2.36. The largest absolute Gasteiger partial charge is 0.497 e. The van der Waals surface area contributed by atoms with Crippen molar-refractivity contribution in [2.45, 2.75) is 32.7 Å². The van der Waals surface area contributed by atoms with Crippen LogP contribution in [-0.4, -0.2) is 18.6 Å². The molecular formula is C16H21BrN2OS. The SMILES string of the molecule is CCCNC(Cc1csc(C)n1)c1cc(OC)ccc1Br. The highest BCUT2D eigenvalue weighted by Gasteiger charge is 2.17. The van der Waals surface area contributed by atoms with E-state index in [1.165, 1.54) is 5.56 Å². The van der Waals surface area contributed by atoms with E-state index >= 15 is 0 Å². The van der Waals surface area contributed by atoms with Gasteiger partial charge in [-0.1, -0.05) is 22.9 Å². The van der Waals surface area contributed by atoms with Crippen molar-refractivity contribution in [3.8, 4) is 5.75 Å². The van der Waals surface area contributed by atoms with E-state index in [0.29, 0.717) is 0 Å². The van der Waals surface area contributed by atoms with Crippen LogP contribution in [0.25, 0.3) is 0 Å². The standard InChI is InChI=1S/C16H21BrN2OS/c1-4-7-18-16(8-12-10-21-11(2)19-12)14-9-13(20-3)5-6-15(14)17/h5-6,9-10,16,18H,4,7-8H2,1-3H3. The summed E-state index contributed by atoms with van der Waals surface area (Å²) < 4.78 is 6.46. The molecule has 1 heterocycles. The van der Waals surface area contributed by atoms with E-state index in [1.807, 2.05) is 19.1 Å². The zero-order chi connectivity index (χ0) is 15.2. The van der Waals surface area contributed by atoms with Crippen LogP contribution in [0.5, 0.6) is 5.75 Å². The summed E-state index contributed by atoms with van der Waals surface area (Å²) in [5.74, 6) is 0.881. The van der Waals surface area contributed by atoms with Gasteiger partial charge in [-0.15, -0.1) is 11.3 Å². The van der Waals surface area contributed by atoms with Crippen molar-refractivity contribution in [2.75, 3.05) is 13.7 Å². The molecule has 1 N–H and O–H groups in total. The first-order chi connectivity index (χ1) is 10.1. The highest BCUT2D eigenvalue weighted by molar-refractivity contribution is 9.10. The summed E-state index contributed by atoms with van der Waals surface area (Å²) in [6, 6.07) is 6.34. The van der Waals surface area contributed by atoms with Crippen LogP contribution in [-0.2, 0) is 6.42 Å². The van der Waals surface area contributed by atoms with E-state index in [1.54, 1.807) is 18.4 Å². The quantitative estimate of drug-likeness (QED) is 0.780. The van der Waals surface area contributed by atoms with Crippen molar-refractivity contribution in [1.82, 2.24) is 10.3 Å². The molecule has 1 aromatic carbocycles. The molecule has 114 valence electrons. The molecule has 0 spiro atoms. The smallest absolute Gasteiger partial charge is 0.119 e. The maximum absolute atomic E-state index is 5.36. The molecule has 0 radical (unpaired) electrons. The predicted octanol–water partition coefficient (Wildman–Crippen LogP) is 4.51. The second kappa shape index (κ2) is 7.92. The van der Waals surface area contributed by atoms with Gasteiger partial charge in [0.05, 0.1) is 17.8 Å². The first-order valence-electron chi connectivity index (χ1n) is 7.11. The molecule has 0 fully saturated rings. The van der Waals surface area contributed by atoms with Gasteiger partial charge in [0.2, 0.25) is 0 Å². The average molecular weight is 369 g/mol. The maximum Gasteiger partial charge on any atom is 0.119 e. The molecule has 3 nitrogen and oxygen atoms in total. The summed E-state index contributed by atoms with van der Waals surface area (Å²) >= 11 is 5.36. The molecule has 21 heavy (non-hydrogen) atoms. The zero-order valence-electron chi connectivity index (χ0n) is 12.6. The Balaban J connectivity index is 2.26. The van der Waals surface area contributed by atoms with E-state index in [9.17, 15) is 0 Å². The lowest BCUT2D eigenvalue weighted by atomic mass is 10.0. The van der Waals surface area contributed by atoms with Crippen molar-refractivity contribution < 1.29 is 4.74 Å². The van der Waals surface area contributed by atoms with Gasteiger partial charge in [0.15, 0.2) is 0 Å². The highest BCUT2D eigenvalue weighted by atomic mass is 79.9. The van der Waals surface area contributed by atoms with Crippen molar-refractivity contribution in [1.29, 1.82) is 0 Å². The number of hydrogen-bond acceptors (Lipinski definition) is 4. The third-order valence-electron chi connectivity index (χ3n) is 3.30. The van der Waals surface area contributed by atoms with E-state index in [2.05, 4.69) is 44.6 Å². The summed E-state index contributed by atoms with van der Waals surface area (Å²) in [5, 5.41) is 6.87. The summed E-state index contributed by atoms with van der Waals surface area (Å²) in [7, 11) is 1.70. The first kappa shape index (κ1) is 16.5. The summed E-state index contributed by atoms with van der Waals surface area (Å²) in [6.45, 7) is 5.21. The number of aryl methyl sites for hydroxylation is 1. The minimum Gasteiger partial charge on any atom is -0.497 e. The Kier molecular flexibility index (Phi) is 6.21. The molecule has 1 atom stereocenters. The molecular weight excluding hydrogens is 348 g/mol. The van der Waals surface area contributed by atoms with Gasteiger partial charge in [0.1, 0.15) is 5.75 Å². The number of nitrogens with zero attached hydrogens (tertiary/aromatic N) is 1. The third kappa shape index (κ3) is 4.53. The molecule has 1 aromatic heterocycles. The molecule has 0 aliphatic heterocycles. The molecule has 0 saturated heterocycles. The van der Waals surface area contributed by atoms with Crippen LogP contribution in [0.15, 0.2) is 28.1 Å². The molecule has 0 amide bonds. The number of aromatic nitrogens is 1. The number of hydrogen-bond donors (Lipinski definition) is 1. The third-order valence-corrected chi connectivity index (χ3v) is 4.84. The van der Waals surface area contributed by atoms with Crippen LogP contribution in [0, 0.1) is 6.92 Å². The predicted molar refractivity (Wildman–Crippen MR) is 92.3 cm³/mol. The van der Waals surface area contributed by atoms with Crippen LogP contribution in [0.2, 0.25) is 0 Å². The van der Waals surface area contributed by atoms with Gasteiger partial charge < -0.3 is 10.1 Å². The number of thiazole rings is 1. The molecule has 0 bridgehead atoms. The maximum atomic E-state index is 5.36. The molecule has 5 heteroatoms. The van der Waals surface area contributed by atoms with E-state index in [4.69, 9.17) is 4.74 Å². The Morgan fingerprint density at radius 2 is 2.24 bits per heavy atom. The molecule has 0 saturated carbocycles. The summed E-state index contributed by atoms with van der Waals surface area (Å²) in [6.07, 6.45) is 1.99. The fourth-order valence-electron chi connectivity index (χ4n) is 2.24. The van der Waals surface area contributed by atoms with Crippen molar-refractivity contribution in [3.05, 3.63) is 44.3 Å². The van der Waals surface area contributed by atoms with Crippen LogP contribution < -0.4 is 10.1 Å². The van der Waals surface area contributed by atoms with Crippen LogP contribution >= 0.6 is 27.3 Å². The van der Waals surface area contributed by atoms with Gasteiger partial charge in [-0.05, 0) is 43.7 Å². The normalized spacial score (nSPS) is 12.4. The number of ether oxygens (including phenoxy) is 1. The summed E-state index contributed by atoms with van der Waals surface area (Å²) in [4.78, 5) is 4.59. The number of halogens is 1. The van der Waals surface area contributed by atoms with Gasteiger partial charge in [-0.2, -0.15) is 0 Å². The average Bonchev–Trinajstić information content (AvgIpc) is 2.89. The monoisotopic (exact) mass is 368 g/mol. The lowest BCUT2D eigenvalue weighted by molar-refractivity contribution is 0.412. The van der Waals surface area contributed by atoms with Crippen molar-refractivity contribution in [2.24, 2.45) is 0 Å². The Hall–Kier alpha value is -0.910. The van der Waals surface area contributed by atoms with Gasteiger partial charge in [-0.25, -0.2) is 4.98 Å². The number of methoxy groups -OCH3 is 1. The molecule has 2 aromatic rings. The Bertz CT molecular complexity index is 585. The Morgan fingerprint density at radius 3 is 2.86 bits per heavy atom. The first-order valence-corrected chi connectivity index (χ1v) is 8.79. The number of benzene rings is 1. The van der Waals surface area contributed by atoms with Gasteiger partial charge in [0.25, 0.3) is 0 Å². The fourth-order valence-corrected chi connectivity index (χ4v) is 3.39. The van der Waals surface area contributed by atoms with E-state index in [-0.39, 0.29) is 6.04 Å². The minimum atomic E-state index is 0.232. The molecule has 1 unspecified atom stereocenters. The van der Waals surface area contributed by atoms with E-state index in [0.717, 1.165) is 40.3 Å². The second-order valence-corrected chi connectivity index (χ2v) is 6.87. The topological polar surface area (TPSA) is 34.2 Å². The molecule has 2 rings (SSSR count). The lowest BCUT2D eigenvalue weighted by Crippen LogP contribution is -2.24. The lowest BCUT2D eigenvalue weighted by Gasteiger charge is -2.20. The minimum absolute atomic E-state index is 0.232. The number of rotatable bonds is 7. The van der Waals surface area contributed by atoms with Gasteiger partial charge >= 0.3 is 0 Å². The van der Waals surface area contributed by atoms with E-state index < -0.39 is 0 Å². The van der Waals surface area contributed by atoms with Gasteiger partial charge in [-0.3, -0.25) is 0 Å². The Morgan fingerprint density at radius 1 is 1.43 bits per heavy atom. The van der Waals surface area contributed by atoms with Gasteiger partial charge in [0, 0.05) is 22.3 Å². The highest BCUT2D eigenvalue weighted by Crippen LogP contribution is 2.30. The molecule has 0 aliphatic rings. The molecule has 0 aliphatic carbocycles. The van der Waals surface area contributed by atoms with Crippen LogP contribution in [0.3, 0.4) is 0 Å². The fraction of sp³-hybridized carbons (Fsp3) is 0.438. The second-order valence-electron chi connectivity index (χ2n) is 4.96. The zero-order valence-corrected chi connectivity index (χ0v) is 15.1. The number of nitrogens with one attached hydrogen (secondary N) is 1. The van der Waals surface area contributed by atoms with Crippen molar-refractivity contribution in [3.63, 3.8) is 0 Å². The van der Waals surface area contributed by atoms with Crippen molar-refractivity contribution >= 4 is 27.3 Å². The van der Waals surface area contributed by atoms with Crippen LogP contribution in [0.1, 0.15) is 35.7 Å². The Labute approximate surface area is 138 Å². The van der Waals surface area contributed by atoms with Crippen LogP contribution in [0.4, 0.5) is 0 Å².